The number of allylic oxidation sites excluding steroid dienone is 4. The maximum atomic E-state index is 12.8. The highest BCUT2D eigenvalue weighted by atomic mass is 16.6. The summed E-state index contributed by atoms with van der Waals surface area (Å²) in [6.07, 6.45) is 55.9. The van der Waals surface area contributed by atoms with Crippen LogP contribution in [0.4, 0.5) is 0 Å². The van der Waals surface area contributed by atoms with E-state index in [1.54, 1.807) is 0 Å². The number of hydrogen-bond acceptors (Lipinski definition) is 6. The molecule has 1 unspecified atom stereocenters. The second-order valence-electron chi connectivity index (χ2n) is 17.8. The van der Waals surface area contributed by atoms with Gasteiger partial charge in [0.2, 0.25) is 0 Å². The lowest BCUT2D eigenvalue weighted by Crippen LogP contribution is -2.30. The standard InChI is InChI=1S/C54H100O6/c1-4-7-10-13-16-19-22-24-25-26-27-28-30-32-35-38-41-44-47-53(56)59-50-51(49-58-52(55)46-43-40-37-34-31-21-18-15-12-9-6-3)60-54(57)48-45-42-39-36-33-29-23-20-17-14-11-8-5-2/h25-28,51H,4-24,29-50H2,1-3H3/b26-25-,28-27-. The number of carbonyl (C=O) groups excluding carboxylic acids is 3. The fraction of sp³-hybridized carbons (Fsp3) is 0.870. The predicted molar refractivity (Wildman–Crippen MR) is 256 cm³/mol. The highest BCUT2D eigenvalue weighted by Gasteiger charge is 2.19. The Balaban J connectivity index is 4.33. The maximum absolute atomic E-state index is 12.8. The summed E-state index contributed by atoms with van der Waals surface area (Å²) in [5, 5.41) is 0. The minimum Gasteiger partial charge on any atom is -0.462 e. The van der Waals surface area contributed by atoms with Crippen molar-refractivity contribution in [3.05, 3.63) is 24.3 Å². The number of unbranched alkanes of at least 4 members (excludes halogenated alkanes) is 34. The van der Waals surface area contributed by atoms with Crippen molar-refractivity contribution in [1.29, 1.82) is 0 Å². The molecule has 1 atom stereocenters. The van der Waals surface area contributed by atoms with E-state index in [4.69, 9.17) is 14.2 Å². The van der Waals surface area contributed by atoms with Crippen LogP contribution < -0.4 is 0 Å². The zero-order valence-electron chi connectivity index (χ0n) is 40.2. The summed E-state index contributed by atoms with van der Waals surface area (Å²) in [7, 11) is 0. The molecule has 0 aliphatic heterocycles. The molecule has 0 rings (SSSR count). The predicted octanol–water partition coefficient (Wildman–Crippen LogP) is 17.2. The van der Waals surface area contributed by atoms with Crippen LogP contribution in [0, 0.1) is 0 Å². The Labute approximate surface area is 373 Å². The molecule has 0 N–H and O–H groups in total. The van der Waals surface area contributed by atoms with Crippen molar-refractivity contribution in [2.75, 3.05) is 13.2 Å². The molecule has 0 aliphatic carbocycles. The smallest absolute Gasteiger partial charge is 0.306 e. The normalized spacial score (nSPS) is 12.1. The van der Waals surface area contributed by atoms with Gasteiger partial charge in [-0.15, -0.1) is 0 Å². The first-order valence-corrected chi connectivity index (χ1v) is 26.4. The van der Waals surface area contributed by atoms with Crippen molar-refractivity contribution in [2.45, 2.75) is 290 Å². The van der Waals surface area contributed by atoms with E-state index >= 15 is 0 Å². The van der Waals surface area contributed by atoms with Gasteiger partial charge in [-0.05, 0) is 44.9 Å². The van der Waals surface area contributed by atoms with Gasteiger partial charge in [0.05, 0.1) is 0 Å². The lowest BCUT2D eigenvalue weighted by Gasteiger charge is -2.18. The number of carbonyl (C=O) groups is 3. The molecule has 0 saturated heterocycles. The summed E-state index contributed by atoms with van der Waals surface area (Å²) in [5.74, 6) is -0.874. The van der Waals surface area contributed by atoms with Crippen LogP contribution in [0.15, 0.2) is 24.3 Å². The van der Waals surface area contributed by atoms with Gasteiger partial charge in [0.25, 0.3) is 0 Å². The Morgan fingerprint density at radius 1 is 0.333 bits per heavy atom. The first-order chi connectivity index (χ1) is 29.5. The van der Waals surface area contributed by atoms with Crippen molar-refractivity contribution in [2.24, 2.45) is 0 Å². The van der Waals surface area contributed by atoms with E-state index in [1.165, 1.54) is 167 Å². The van der Waals surface area contributed by atoms with Gasteiger partial charge in [-0.3, -0.25) is 14.4 Å². The van der Waals surface area contributed by atoms with E-state index < -0.39 is 6.10 Å². The molecule has 352 valence electrons. The van der Waals surface area contributed by atoms with E-state index in [9.17, 15) is 14.4 Å². The van der Waals surface area contributed by atoms with Gasteiger partial charge >= 0.3 is 17.9 Å². The zero-order chi connectivity index (χ0) is 43.7. The number of ether oxygens (including phenoxy) is 3. The molecule has 60 heavy (non-hydrogen) atoms. The van der Waals surface area contributed by atoms with Gasteiger partial charge in [-0.25, -0.2) is 0 Å². The molecule has 0 aliphatic rings. The summed E-state index contributed by atoms with van der Waals surface area (Å²) in [6.45, 7) is 6.64. The molecule has 0 bridgehead atoms. The molecule has 0 saturated carbocycles. The summed E-state index contributed by atoms with van der Waals surface area (Å²) >= 11 is 0. The molecule has 0 radical (unpaired) electrons. The van der Waals surface area contributed by atoms with E-state index in [-0.39, 0.29) is 31.1 Å². The monoisotopic (exact) mass is 845 g/mol. The molecule has 6 heteroatoms. The number of rotatable bonds is 48. The SMILES string of the molecule is CCCCCCCCC/C=C\C=C/CCCCCCCC(=O)OCC(COC(=O)CCCCCCCCCCCCC)OC(=O)CCCCCCCCCCCCCCC. The molecule has 0 heterocycles. The molecule has 0 spiro atoms. The average Bonchev–Trinajstić information content (AvgIpc) is 3.24. The van der Waals surface area contributed by atoms with Crippen molar-refractivity contribution in [1.82, 2.24) is 0 Å². The van der Waals surface area contributed by atoms with Crippen LogP contribution in [0.1, 0.15) is 284 Å². The van der Waals surface area contributed by atoms with Crippen molar-refractivity contribution < 1.29 is 28.6 Å². The largest absolute Gasteiger partial charge is 0.462 e. The maximum Gasteiger partial charge on any atom is 0.306 e. The topological polar surface area (TPSA) is 78.9 Å². The van der Waals surface area contributed by atoms with E-state index in [0.717, 1.165) is 77.0 Å². The van der Waals surface area contributed by atoms with Crippen LogP contribution >= 0.6 is 0 Å². The molecular weight excluding hydrogens is 745 g/mol. The second-order valence-corrected chi connectivity index (χ2v) is 17.8. The van der Waals surface area contributed by atoms with E-state index in [2.05, 4.69) is 45.1 Å². The highest BCUT2D eigenvalue weighted by molar-refractivity contribution is 5.71. The van der Waals surface area contributed by atoms with Crippen LogP contribution in [-0.4, -0.2) is 37.2 Å². The van der Waals surface area contributed by atoms with Crippen LogP contribution in [0.5, 0.6) is 0 Å². The molecule has 0 amide bonds. The summed E-state index contributed by atoms with van der Waals surface area (Å²) in [6, 6.07) is 0. The summed E-state index contributed by atoms with van der Waals surface area (Å²) in [4.78, 5) is 37.9. The Hall–Kier alpha value is -2.11. The van der Waals surface area contributed by atoms with Crippen LogP contribution in [0.2, 0.25) is 0 Å². The fourth-order valence-corrected chi connectivity index (χ4v) is 7.73. The Bertz CT molecular complexity index is 973. The van der Waals surface area contributed by atoms with Gasteiger partial charge in [-0.1, -0.05) is 244 Å². The zero-order valence-corrected chi connectivity index (χ0v) is 40.2. The molecule has 6 nitrogen and oxygen atoms in total. The third-order valence-electron chi connectivity index (χ3n) is 11.7. The van der Waals surface area contributed by atoms with E-state index in [0.29, 0.717) is 19.3 Å². The highest BCUT2D eigenvalue weighted by Crippen LogP contribution is 2.16. The fourth-order valence-electron chi connectivity index (χ4n) is 7.73. The van der Waals surface area contributed by atoms with Crippen molar-refractivity contribution in [3.8, 4) is 0 Å². The first kappa shape index (κ1) is 57.9. The molecule has 0 aromatic heterocycles. The molecular formula is C54H100O6. The third-order valence-corrected chi connectivity index (χ3v) is 11.7. The minimum atomic E-state index is -0.770. The van der Waals surface area contributed by atoms with Gasteiger partial charge in [0.15, 0.2) is 6.10 Å². The van der Waals surface area contributed by atoms with Gasteiger partial charge in [-0.2, -0.15) is 0 Å². The average molecular weight is 845 g/mol. The summed E-state index contributed by atoms with van der Waals surface area (Å²) in [5.41, 5.74) is 0. The molecule has 0 aromatic carbocycles. The Morgan fingerprint density at radius 2 is 0.583 bits per heavy atom. The third kappa shape index (κ3) is 46.9. The number of esters is 3. The van der Waals surface area contributed by atoms with Crippen LogP contribution in [-0.2, 0) is 28.6 Å². The van der Waals surface area contributed by atoms with Gasteiger partial charge in [0, 0.05) is 19.3 Å². The lowest BCUT2D eigenvalue weighted by molar-refractivity contribution is -0.167. The van der Waals surface area contributed by atoms with Crippen molar-refractivity contribution in [3.63, 3.8) is 0 Å². The quantitative estimate of drug-likeness (QED) is 0.0263. The molecule has 0 aromatic rings. The first-order valence-electron chi connectivity index (χ1n) is 26.4. The Kier molecular flexibility index (Phi) is 47.8. The van der Waals surface area contributed by atoms with E-state index in [1.807, 2.05) is 0 Å². The van der Waals surface area contributed by atoms with Crippen LogP contribution in [0.25, 0.3) is 0 Å². The van der Waals surface area contributed by atoms with Gasteiger partial charge < -0.3 is 14.2 Å². The number of hydrogen-bond donors (Lipinski definition) is 0. The lowest BCUT2D eigenvalue weighted by atomic mass is 10.0. The second kappa shape index (κ2) is 49.5. The van der Waals surface area contributed by atoms with Crippen molar-refractivity contribution >= 4 is 17.9 Å². The van der Waals surface area contributed by atoms with Crippen LogP contribution in [0.3, 0.4) is 0 Å². The summed E-state index contributed by atoms with van der Waals surface area (Å²) < 4.78 is 16.8. The van der Waals surface area contributed by atoms with Gasteiger partial charge in [0.1, 0.15) is 13.2 Å². The minimum absolute atomic E-state index is 0.0715. The molecule has 0 fully saturated rings. The Morgan fingerprint density at radius 3 is 0.883 bits per heavy atom.